The van der Waals surface area contributed by atoms with Gasteiger partial charge in [-0.25, -0.2) is 0 Å². The number of hydrogen-bond acceptors (Lipinski definition) is 5. The van der Waals surface area contributed by atoms with Crippen LogP contribution in [0.25, 0.3) is 0 Å². The summed E-state index contributed by atoms with van der Waals surface area (Å²) in [7, 11) is 1.57. The zero-order valence-corrected chi connectivity index (χ0v) is 13.7. The van der Waals surface area contributed by atoms with Gasteiger partial charge in [-0.05, 0) is 30.5 Å². The highest BCUT2D eigenvalue weighted by Gasteiger charge is 2.27. The molecule has 1 saturated heterocycles. The zero-order valence-electron chi connectivity index (χ0n) is 13.7. The Morgan fingerprint density at radius 1 is 1.25 bits per heavy atom. The second-order valence-corrected chi connectivity index (χ2v) is 5.77. The molecule has 1 aliphatic rings. The lowest BCUT2D eigenvalue weighted by Gasteiger charge is -2.31. The lowest BCUT2D eigenvalue weighted by molar-refractivity contribution is -0.152. The number of likely N-dealkylation sites (tertiary alicyclic amines) is 1. The first-order chi connectivity index (χ1) is 11.5. The fourth-order valence-corrected chi connectivity index (χ4v) is 2.63. The largest absolute Gasteiger partial charge is 0.497 e. The number of carbonyl (C=O) groups excluding carboxylic acids is 3. The Morgan fingerprint density at radius 3 is 2.58 bits per heavy atom. The fraction of sp³-hybridized carbons (Fsp3) is 0.471. The molecule has 0 radical (unpaired) electrons. The van der Waals surface area contributed by atoms with Crippen molar-refractivity contribution in [2.75, 3.05) is 26.8 Å². The van der Waals surface area contributed by atoms with Crippen molar-refractivity contribution in [3.05, 3.63) is 29.8 Å². The number of esters is 1. The van der Waals surface area contributed by atoms with Crippen LogP contribution in [-0.2, 0) is 25.5 Å². The molecule has 24 heavy (non-hydrogen) atoms. The first-order valence-electron chi connectivity index (χ1n) is 7.85. The Morgan fingerprint density at radius 2 is 1.96 bits per heavy atom. The summed E-state index contributed by atoms with van der Waals surface area (Å²) in [5.74, 6) is -0.792. The van der Waals surface area contributed by atoms with Crippen molar-refractivity contribution in [3.8, 4) is 5.75 Å². The summed E-state index contributed by atoms with van der Waals surface area (Å²) in [6.07, 6.45) is 1.50. The molecular weight excluding hydrogens is 312 g/mol. The van der Waals surface area contributed by atoms with E-state index in [0.717, 1.165) is 12.0 Å². The number of ether oxygens (including phenoxy) is 2. The van der Waals surface area contributed by atoms with Gasteiger partial charge in [-0.3, -0.25) is 14.4 Å². The van der Waals surface area contributed by atoms with Gasteiger partial charge in [0.1, 0.15) is 5.75 Å². The fourth-order valence-electron chi connectivity index (χ4n) is 2.63. The smallest absolute Gasteiger partial charge is 0.310 e. The second kappa shape index (κ2) is 8.33. The maximum absolute atomic E-state index is 12.1. The van der Waals surface area contributed by atoms with E-state index in [2.05, 4.69) is 0 Å². The topological polar surface area (TPSA) is 98.9 Å². The van der Waals surface area contributed by atoms with E-state index in [1.54, 1.807) is 31.4 Å². The summed E-state index contributed by atoms with van der Waals surface area (Å²) in [5, 5.41) is 0. The molecule has 1 aromatic rings. The Balaban J connectivity index is 1.78. The van der Waals surface area contributed by atoms with E-state index in [1.807, 2.05) is 0 Å². The Hall–Kier alpha value is -2.57. The molecule has 1 fully saturated rings. The lowest BCUT2D eigenvalue weighted by atomic mass is 9.97. The van der Waals surface area contributed by atoms with Gasteiger partial charge in [-0.2, -0.15) is 0 Å². The van der Waals surface area contributed by atoms with Gasteiger partial charge in [0.05, 0.1) is 19.4 Å². The predicted molar refractivity (Wildman–Crippen MR) is 86.2 cm³/mol. The molecule has 1 atom stereocenters. The maximum atomic E-state index is 12.1. The average Bonchev–Trinajstić information content (AvgIpc) is 2.60. The van der Waals surface area contributed by atoms with Crippen LogP contribution in [0.4, 0.5) is 0 Å². The molecule has 0 aromatic heterocycles. The SMILES string of the molecule is COc1ccc(CC(=O)OCC(=O)N2CCC[C@H](C(N)=O)C2)cc1. The summed E-state index contributed by atoms with van der Waals surface area (Å²) in [4.78, 5) is 36.7. The van der Waals surface area contributed by atoms with Crippen molar-refractivity contribution in [2.45, 2.75) is 19.3 Å². The van der Waals surface area contributed by atoms with Crippen molar-refractivity contribution in [3.63, 3.8) is 0 Å². The van der Waals surface area contributed by atoms with Gasteiger partial charge in [0.15, 0.2) is 6.61 Å². The van der Waals surface area contributed by atoms with Crippen molar-refractivity contribution in [1.82, 2.24) is 4.90 Å². The molecule has 2 amide bonds. The van der Waals surface area contributed by atoms with Gasteiger partial charge in [-0.15, -0.1) is 0 Å². The van der Waals surface area contributed by atoms with Gasteiger partial charge in [-0.1, -0.05) is 12.1 Å². The highest BCUT2D eigenvalue weighted by Crippen LogP contribution is 2.16. The van der Waals surface area contributed by atoms with E-state index < -0.39 is 11.9 Å². The molecular formula is C17H22N2O5. The Labute approximate surface area is 140 Å². The van der Waals surface area contributed by atoms with Crippen LogP contribution in [0, 0.1) is 5.92 Å². The number of carbonyl (C=O) groups is 3. The molecule has 0 saturated carbocycles. The molecule has 7 heteroatoms. The summed E-state index contributed by atoms with van der Waals surface area (Å²) in [5.41, 5.74) is 6.06. The number of benzene rings is 1. The predicted octanol–water partition coefficient (Wildman–Crippen LogP) is 0.505. The maximum Gasteiger partial charge on any atom is 0.310 e. The number of nitrogens with zero attached hydrogens (tertiary/aromatic N) is 1. The van der Waals surface area contributed by atoms with Gasteiger partial charge >= 0.3 is 5.97 Å². The van der Waals surface area contributed by atoms with E-state index in [1.165, 1.54) is 4.90 Å². The molecule has 0 unspecified atom stereocenters. The molecule has 0 spiro atoms. The highest BCUT2D eigenvalue weighted by atomic mass is 16.5. The van der Waals surface area contributed by atoms with Gasteiger partial charge in [0, 0.05) is 13.1 Å². The van der Waals surface area contributed by atoms with E-state index in [0.29, 0.717) is 25.3 Å². The molecule has 0 aliphatic carbocycles. The first kappa shape index (κ1) is 17.8. The molecule has 2 rings (SSSR count). The molecule has 2 N–H and O–H groups in total. The standard InChI is InChI=1S/C17H22N2O5/c1-23-14-6-4-12(5-7-14)9-16(21)24-11-15(20)19-8-2-3-13(10-19)17(18)22/h4-7,13H,2-3,8-11H2,1H3,(H2,18,22)/t13-/m0/s1. The molecule has 1 heterocycles. The average molecular weight is 334 g/mol. The molecule has 0 bridgehead atoms. The van der Waals surface area contributed by atoms with Crippen molar-refractivity contribution >= 4 is 17.8 Å². The second-order valence-electron chi connectivity index (χ2n) is 5.77. The molecule has 7 nitrogen and oxygen atoms in total. The minimum atomic E-state index is -0.475. The normalized spacial score (nSPS) is 17.2. The van der Waals surface area contributed by atoms with Crippen LogP contribution in [0.2, 0.25) is 0 Å². The van der Waals surface area contributed by atoms with E-state index in [9.17, 15) is 14.4 Å². The number of piperidine rings is 1. The van der Waals surface area contributed by atoms with Crippen molar-refractivity contribution in [1.29, 1.82) is 0 Å². The van der Waals surface area contributed by atoms with Crippen LogP contribution in [0.5, 0.6) is 5.75 Å². The van der Waals surface area contributed by atoms with Crippen LogP contribution in [0.15, 0.2) is 24.3 Å². The van der Waals surface area contributed by atoms with Crippen molar-refractivity contribution < 1.29 is 23.9 Å². The van der Waals surface area contributed by atoms with Gasteiger partial charge < -0.3 is 20.1 Å². The third kappa shape index (κ3) is 4.97. The molecule has 130 valence electrons. The first-order valence-corrected chi connectivity index (χ1v) is 7.85. The Kier molecular flexibility index (Phi) is 6.17. The van der Waals surface area contributed by atoms with Crippen molar-refractivity contribution in [2.24, 2.45) is 11.7 Å². The van der Waals surface area contributed by atoms with Crippen LogP contribution in [0.1, 0.15) is 18.4 Å². The number of rotatable bonds is 6. The summed E-state index contributed by atoms with van der Waals surface area (Å²) < 4.78 is 10.1. The number of amides is 2. The van der Waals surface area contributed by atoms with E-state index in [4.69, 9.17) is 15.2 Å². The number of methoxy groups -OCH3 is 1. The zero-order chi connectivity index (χ0) is 17.5. The number of nitrogens with two attached hydrogens (primary N) is 1. The number of primary amides is 1. The number of hydrogen-bond donors (Lipinski definition) is 1. The summed E-state index contributed by atoms with van der Waals surface area (Å²) in [6, 6.07) is 7.05. The van der Waals surface area contributed by atoms with Crippen LogP contribution in [-0.4, -0.2) is 49.5 Å². The monoisotopic (exact) mass is 334 g/mol. The quantitative estimate of drug-likeness (QED) is 0.764. The minimum absolute atomic E-state index is 0.0845. The third-order valence-electron chi connectivity index (χ3n) is 4.04. The van der Waals surface area contributed by atoms with Crippen LogP contribution >= 0.6 is 0 Å². The van der Waals surface area contributed by atoms with Crippen LogP contribution in [0.3, 0.4) is 0 Å². The summed E-state index contributed by atoms with van der Waals surface area (Å²) >= 11 is 0. The minimum Gasteiger partial charge on any atom is -0.497 e. The third-order valence-corrected chi connectivity index (χ3v) is 4.04. The molecule has 1 aromatic carbocycles. The van der Waals surface area contributed by atoms with E-state index >= 15 is 0 Å². The lowest BCUT2D eigenvalue weighted by Crippen LogP contribution is -2.45. The summed E-state index contributed by atoms with van der Waals surface area (Å²) in [6.45, 7) is 0.531. The van der Waals surface area contributed by atoms with Gasteiger partial charge in [0.2, 0.25) is 5.91 Å². The molecule has 1 aliphatic heterocycles. The van der Waals surface area contributed by atoms with E-state index in [-0.39, 0.29) is 24.9 Å². The van der Waals surface area contributed by atoms with Crippen LogP contribution < -0.4 is 10.5 Å². The highest BCUT2D eigenvalue weighted by molar-refractivity contribution is 5.83. The Bertz CT molecular complexity index is 600. The van der Waals surface area contributed by atoms with Gasteiger partial charge in [0.25, 0.3) is 5.91 Å².